The van der Waals surface area contributed by atoms with Gasteiger partial charge in [-0.15, -0.1) is 12.4 Å². The minimum atomic E-state index is -0.717. The quantitative estimate of drug-likeness (QED) is 0.224. The van der Waals surface area contributed by atoms with Crippen LogP contribution in [0.3, 0.4) is 0 Å². The molecular weight excluding hydrogens is 510 g/mol. The summed E-state index contributed by atoms with van der Waals surface area (Å²) in [6, 6.07) is 10.1. The van der Waals surface area contributed by atoms with Gasteiger partial charge in [0.1, 0.15) is 12.4 Å². The van der Waals surface area contributed by atoms with Crippen LogP contribution in [0.15, 0.2) is 42.7 Å². The molecule has 0 saturated heterocycles. The van der Waals surface area contributed by atoms with Gasteiger partial charge >= 0.3 is 0 Å². The van der Waals surface area contributed by atoms with Crippen LogP contribution in [-0.2, 0) is 23.2 Å². The summed E-state index contributed by atoms with van der Waals surface area (Å²) in [6.07, 6.45) is 6.76. The number of halogens is 1. The number of benzene rings is 1. The molecule has 0 aliphatic carbocycles. The highest BCUT2D eigenvalue weighted by Crippen LogP contribution is 2.34. The molecule has 0 saturated carbocycles. The summed E-state index contributed by atoms with van der Waals surface area (Å²) in [4.78, 5) is 16.4. The van der Waals surface area contributed by atoms with Crippen molar-refractivity contribution in [2.24, 2.45) is 23.5 Å². The second kappa shape index (κ2) is 16.8. The Bertz CT molecular complexity index is 978. The molecule has 1 unspecified atom stereocenters. The van der Waals surface area contributed by atoms with Crippen molar-refractivity contribution >= 4 is 18.3 Å². The lowest BCUT2D eigenvalue weighted by atomic mass is 9.81. The van der Waals surface area contributed by atoms with E-state index in [4.69, 9.17) is 10.5 Å². The van der Waals surface area contributed by atoms with Gasteiger partial charge in [-0.25, -0.2) is 0 Å². The van der Waals surface area contributed by atoms with Gasteiger partial charge in [0, 0.05) is 30.9 Å². The van der Waals surface area contributed by atoms with Crippen molar-refractivity contribution in [3.05, 3.63) is 59.4 Å². The number of unbranched alkanes of at least 4 members (excludes halogenated alkanes) is 1. The molecule has 7 heteroatoms. The predicted molar refractivity (Wildman–Crippen MR) is 163 cm³/mol. The number of hydrogen-bond acceptors (Lipinski definition) is 5. The monoisotopic (exact) mass is 561 g/mol. The summed E-state index contributed by atoms with van der Waals surface area (Å²) >= 11 is 0. The van der Waals surface area contributed by atoms with Crippen LogP contribution in [0.5, 0.6) is 5.75 Å². The zero-order valence-corrected chi connectivity index (χ0v) is 25.9. The molecule has 4 atom stereocenters. The first-order valence-corrected chi connectivity index (χ1v) is 14.3. The Balaban J connectivity index is 0.00000760. The molecule has 0 bridgehead atoms. The Labute approximate surface area is 242 Å². The van der Waals surface area contributed by atoms with Crippen molar-refractivity contribution in [2.75, 3.05) is 6.54 Å². The van der Waals surface area contributed by atoms with Crippen LogP contribution in [0, 0.1) is 17.8 Å². The fourth-order valence-corrected chi connectivity index (χ4v) is 4.68. The molecule has 0 spiro atoms. The van der Waals surface area contributed by atoms with E-state index in [9.17, 15) is 9.90 Å². The minimum Gasteiger partial charge on any atom is -0.489 e. The van der Waals surface area contributed by atoms with E-state index in [0.29, 0.717) is 37.8 Å². The number of pyridine rings is 1. The Morgan fingerprint density at radius 1 is 1.08 bits per heavy atom. The molecule has 2 rings (SSSR count). The van der Waals surface area contributed by atoms with Gasteiger partial charge in [0.25, 0.3) is 0 Å². The summed E-state index contributed by atoms with van der Waals surface area (Å²) in [5.74, 6) is 1.31. The van der Waals surface area contributed by atoms with Crippen LogP contribution >= 0.6 is 12.4 Å². The third-order valence-electron chi connectivity index (χ3n) is 7.38. The Kier molecular flexibility index (Phi) is 15.1. The number of aliphatic hydroxyl groups excluding tert-OH is 1. The third-order valence-corrected chi connectivity index (χ3v) is 7.38. The third kappa shape index (κ3) is 11.9. The summed E-state index contributed by atoms with van der Waals surface area (Å²) in [6.45, 7) is 16.1. The molecule has 220 valence electrons. The molecule has 6 nitrogen and oxygen atoms in total. The van der Waals surface area contributed by atoms with Crippen LogP contribution < -0.4 is 15.8 Å². The van der Waals surface area contributed by atoms with Gasteiger partial charge in [0.15, 0.2) is 0 Å². The number of ether oxygens (including phenoxy) is 1. The van der Waals surface area contributed by atoms with Gasteiger partial charge < -0.3 is 20.9 Å². The molecule has 0 fully saturated rings. The molecule has 2 aromatic rings. The molecule has 1 aromatic heterocycles. The van der Waals surface area contributed by atoms with Gasteiger partial charge in [0.05, 0.1) is 6.10 Å². The molecule has 1 amide bonds. The number of aliphatic hydroxyl groups is 1. The lowest BCUT2D eigenvalue weighted by molar-refractivity contribution is -0.125. The second-order valence-electron chi connectivity index (χ2n) is 12.2. The van der Waals surface area contributed by atoms with Gasteiger partial charge in [-0.3, -0.25) is 9.78 Å². The first-order chi connectivity index (χ1) is 17.9. The van der Waals surface area contributed by atoms with Gasteiger partial charge in [-0.05, 0) is 77.8 Å². The minimum absolute atomic E-state index is 0. The van der Waals surface area contributed by atoms with Crippen molar-refractivity contribution < 1.29 is 14.6 Å². The fourth-order valence-electron chi connectivity index (χ4n) is 4.68. The number of aromatic nitrogens is 1. The molecule has 39 heavy (non-hydrogen) atoms. The van der Waals surface area contributed by atoms with Crippen LogP contribution in [0.25, 0.3) is 0 Å². The van der Waals surface area contributed by atoms with Crippen molar-refractivity contribution in [1.29, 1.82) is 0 Å². The summed E-state index contributed by atoms with van der Waals surface area (Å²) < 4.78 is 6.32. The van der Waals surface area contributed by atoms with E-state index >= 15 is 0 Å². The Hall–Kier alpha value is -2.15. The maximum absolute atomic E-state index is 12.3. The second-order valence-corrected chi connectivity index (χ2v) is 12.2. The first kappa shape index (κ1) is 34.9. The number of carbonyl (C=O) groups excluding carboxylic acids is 1. The highest BCUT2D eigenvalue weighted by atomic mass is 35.5. The number of carbonyl (C=O) groups is 1. The molecule has 1 aromatic carbocycles. The Morgan fingerprint density at radius 3 is 2.33 bits per heavy atom. The lowest BCUT2D eigenvalue weighted by Gasteiger charge is -2.29. The molecule has 1 heterocycles. The molecule has 0 radical (unpaired) electrons. The highest BCUT2D eigenvalue weighted by molar-refractivity contribution is 5.85. The number of hydrogen-bond donors (Lipinski definition) is 3. The summed E-state index contributed by atoms with van der Waals surface area (Å²) in [5.41, 5.74) is 9.90. The van der Waals surface area contributed by atoms with E-state index in [0.717, 1.165) is 30.6 Å². The molecule has 4 N–H and O–H groups in total. The van der Waals surface area contributed by atoms with Crippen molar-refractivity contribution in [3.8, 4) is 5.75 Å². The van der Waals surface area contributed by atoms with Crippen molar-refractivity contribution in [1.82, 2.24) is 10.3 Å². The van der Waals surface area contributed by atoms with Gasteiger partial charge in [0.2, 0.25) is 5.91 Å². The van der Waals surface area contributed by atoms with E-state index in [2.05, 4.69) is 70.0 Å². The van der Waals surface area contributed by atoms with E-state index in [1.807, 2.05) is 19.1 Å². The maximum Gasteiger partial charge on any atom is 0.222 e. The summed E-state index contributed by atoms with van der Waals surface area (Å²) in [5, 5.41) is 13.8. The van der Waals surface area contributed by atoms with Crippen LogP contribution in [0.2, 0.25) is 0 Å². The Morgan fingerprint density at radius 2 is 1.74 bits per heavy atom. The van der Waals surface area contributed by atoms with E-state index in [-0.39, 0.29) is 35.7 Å². The zero-order chi connectivity index (χ0) is 28.3. The number of amides is 1. The van der Waals surface area contributed by atoms with Gasteiger partial charge in [-0.1, -0.05) is 67.0 Å². The molecule has 0 aliphatic heterocycles. The predicted octanol–water partition coefficient (Wildman–Crippen LogP) is 6.22. The van der Waals surface area contributed by atoms with Crippen LogP contribution in [0.4, 0.5) is 0 Å². The number of nitrogens with one attached hydrogen (secondary N) is 1. The lowest BCUT2D eigenvalue weighted by Crippen LogP contribution is -2.41. The van der Waals surface area contributed by atoms with Crippen LogP contribution in [-0.4, -0.2) is 34.7 Å². The standard InChI is InChI=1S/C32H51N3O3.ClH/c1-8-9-14-35-31(37)23(4)17-29(36)28(33)20-26(22(2)3)18-25-10-11-27(32(5,6)7)30(19-25)38-21-24-12-15-34-16-13-24;/h10-13,15-16,19,22-23,26,28-29,36H,8-9,14,17-18,20-21,33H2,1-7H3,(H,35,37);1H/t23?,26-,28-,29-;/m0./s1. The smallest absolute Gasteiger partial charge is 0.222 e. The number of rotatable bonds is 15. The normalized spacial score (nSPS) is 14.7. The number of nitrogens with zero attached hydrogens (tertiary/aromatic N) is 1. The molecular formula is C32H52ClN3O3. The van der Waals surface area contributed by atoms with Crippen molar-refractivity contribution in [3.63, 3.8) is 0 Å². The average molecular weight is 562 g/mol. The van der Waals surface area contributed by atoms with E-state index in [1.165, 1.54) is 11.1 Å². The maximum atomic E-state index is 12.3. The van der Waals surface area contributed by atoms with Crippen molar-refractivity contribution in [2.45, 2.75) is 105 Å². The average Bonchev–Trinajstić information content (AvgIpc) is 2.86. The largest absolute Gasteiger partial charge is 0.489 e. The topological polar surface area (TPSA) is 97.5 Å². The van der Waals surface area contributed by atoms with E-state index < -0.39 is 6.10 Å². The number of nitrogens with two attached hydrogens (primary N) is 1. The fraction of sp³-hybridized carbons (Fsp3) is 0.625. The highest BCUT2D eigenvalue weighted by Gasteiger charge is 2.26. The molecule has 0 aliphatic rings. The zero-order valence-electron chi connectivity index (χ0n) is 25.1. The SMILES string of the molecule is CCCCNC(=O)C(C)C[C@H](O)[C@@H](N)C[C@H](Cc1ccc(C(C)(C)C)c(OCc2ccncc2)c1)C(C)C.Cl. The van der Waals surface area contributed by atoms with Gasteiger partial charge in [-0.2, -0.15) is 0 Å². The van der Waals surface area contributed by atoms with E-state index in [1.54, 1.807) is 12.4 Å². The van der Waals surface area contributed by atoms with Crippen LogP contribution in [0.1, 0.15) is 90.8 Å². The summed E-state index contributed by atoms with van der Waals surface area (Å²) in [7, 11) is 0. The first-order valence-electron chi connectivity index (χ1n) is 14.3.